The van der Waals surface area contributed by atoms with Gasteiger partial charge in [0.05, 0.1) is 23.0 Å². The average molecular weight is 468 g/mol. The fraction of sp³-hybridized carbons (Fsp3) is 0.316. The molecule has 158 valence electrons. The average Bonchev–Trinajstić information content (AvgIpc) is 2.99. The minimum atomic E-state index is -0.482. The van der Waals surface area contributed by atoms with Crippen molar-refractivity contribution in [1.29, 1.82) is 0 Å². The molecule has 0 N–H and O–H groups in total. The third kappa shape index (κ3) is 5.66. The molecule has 0 atom stereocenters. The Labute approximate surface area is 187 Å². The lowest BCUT2D eigenvalue weighted by atomic mass is 10.2. The van der Waals surface area contributed by atoms with Gasteiger partial charge < -0.3 is 9.64 Å². The first-order valence-electron chi connectivity index (χ1n) is 9.07. The molecule has 1 aromatic rings. The predicted molar refractivity (Wildman–Crippen MR) is 119 cm³/mol. The molecule has 0 bridgehead atoms. The zero-order valence-corrected chi connectivity index (χ0v) is 18.2. The number of allylic oxidation sites excluding steroid dienone is 2. The predicted octanol–water partition coefficient (Wildman–Crippen LogP) is 3.17. The van der Waals surface area contributed by atoms with Crippen LogP contribution in [0, 0.1) is 10.1 Å². The van der Waals surface area contributed by atoms with E-state index >= 15 is 0 Å². The molecule has 0 spiro atoms. The number of rotatable bonds is 6. The van der Waals surface area contributed by atoms with Gasteiger partial charge in [0.15, 0.2) is 0 Å². The van der Waals surface area contributed by atoms with Crippen LogP contribution in [0.2, 0.25) is 0 Å². The molecule has 2 heterocycles. The van der Waals surface area contributed by atoms with Crippen LogP contribution in [0.25, 0.3) is 6.08 Å². The number of carbonyl (C=O) groups is 2. The third-order valence-electron chi connectivity index (χ3n) is 4.46. The summed E-state index contributed by atoms with van der Waals surface area (Å²) in [5.74, 6) is -0.331. The number of amides is 2. The van der Waals surface area contributed by atoms with Crippen molar-refractivity contribution in [1.82, 2.24) is 9.80 Å². The van der Waals surface area contributed by atoms with Gasteiger partial charge in [-0.3, -0.25) is 24.6 Å². The number of thiocarbonyl (C=S) groups is 1. The van der Waals surface area contributed by atoms with E-state index in [-0.39, 0.29) is 35.5 Å². The molecular weight excluding hydrogens is 450 g/mol. The second kappa shape index (κ2) is 10.2. The quantitative estimate of drug-likeness (QED) is 0.274. The Bertz CT molecular complexity index is 927. The highest BCUT2D eigenvalue weighted by atomic mass is 35.5. The number of non-ortho nitro benzene ring substituents is 1. The molecule has 11 heteroatoms. The number of hydrogen-bond acceptors (Lipinski definition) is 7. The van der Waals surface area contributed by atoms with Crippen molar-refractivity contribution in [2.24, 2.45) is 0 Å². The molecule has 0 saturated carbocycles. The SMILES string of the molecule is O=C(CCN1C(=O)/C(=C\C(Cl)=C\c2ccc([N+](=O)[O-])cc2)SC1=S)N1CCOCC1. The largest absolute Gasteiger partial charge is 0.378 e. The van der Waals surface area contributed by atoms with Crippen LogP contribution in [0.4, 0.5) is 5.69 Å². The maximum atomic E-state index is 12.7. The summed E-state index contributed by atoms with van der Waals surface area (Å²) in [7, 11) is 0. The van der Waals surface area contributed by atoms with Crippen molar-refractivity contribution in [3.8, 4) is 0 Å². The summed E-state index contributed by atoms with van der Waals surface area (Å²) < 4.78 is 5.61. The van der Waals surface area contributed by atoms with Gasteiger partial charge >= 0.3 is 0 Å². The lowest BCUT2D eigenvalue weighted by molar-refractivity contribution is -0.384. The highest BCUT2D eigenvalue weighted by Crippen LogP contribution is 2.33. The number of carbonyl (C=O) groups excluding carboxylic acids is 2. The van der Waals surface area contributed by atoms with Crippen molar-refractivity contribution in [3.63, 3.8) is 0 Å². The molecule has 8 nitrogen and oxygen atoms in total. The van der Waals surface area contributed by atoms with E-state index in [1.54, 1.807) is 23.1 Å². The molecule has 3 rings (SSSR count). The molecule has 0 aliphatic carbocycles. The van der Waals surface area contributed by atoms with Gasteiger partial charge in [-0.1, -0.05) is 35.6 Å². The lowest BCUT2D eigenvalue weighted by Crippen LogP contribution is -2.42. The van der Waals surface area contributed by atoms with Crippen LogP contribution in [0.1, 0.15) is 12.0 Å². The second-order valence-corrected chi connectivity index (χ2v) is 8.57. The Hall–Kier alpha value is -2.27. The molecular formula is C19H18ClN3O5S2. The van der Waals surface area contributed by atoms with E-state index in [0.29, 0.717) is 41.1 Å². The van der Waals surface area contributed by atoms with Gasteiger partial charge in [0, 0.05) is 43.2 Å². The Kier molecular flexibility index (Phi) is 7.59. The minimum Gasteiger partial charge on any atom is -0.378 e. The third-order valence-corrected chi connectivity index (χ3v) is 6.06. The molecule has 2 saturated heterocycles. The van der Waals surface area contributed by atoms with Crippen molar-refractivity contribution < 1.29 is 19.2 Å². The number of morpholine rings is 1. The fourth-order valence-electron chi connectivity index (χ4n) is 2.89. The van der Waals surface area contributed by atoms with E-state index < -0.39 is 4.92 Å². The molecule has 2 fully saturated rings. The molecule has 2 aliphatic heterocycles. The molecule has 0 aromatic heterocycles. The molecule has 1 aromatic carbocycles. The number of nitro benzene ring substituents is 1. The Morgan fingerprint density at radius 1 is 1.30 bits per heavy atom. The number of nitro groups is 1. The molecule has 0 unspecified atom stereocenters. The minimum absolute atomic E-state index is 0.0178. The maximum Gasteiger partial charge on any atom is 0.269 e. The van der Waals surface area contributed by atoms with Crippen molar-refractivity contribution in [2.75, 3.05) is 32.8 Å². The first-order chi connectivity index (χ1) is 14.3. The Morgan fingerprint density at radius 2 is 1.97 bits per heavy atom. The molecule has 2 amide bonds. The Morgan fingerprint density at radius 3 is 2.60 bits per heavy atom. The summed E-state index contributed by atoms with van der Waals surface area (Å²) in [5.41, 5.74) is 0.643. The van der Waals surface area contributed by atoms with Gasteiger partial charge in [0.25, 0.3) is 11.6 Å². The van der Waals surface area contributed by atoms with E-state index in [1.807, 2.05) is 0 Å². The molecule has 0 radical (unpaired) electrons. The van der Waals surface area contributed by atoms with Crippen molar-refractivity contribution in [2.45, 2.75) is 6.42 Å². The number of hydrogen-bond donors (Lipinski definition) is 0. The van der Waals surface area contributed by atoms with E-state index in [0.717, 1.165) is 11.8 Å². The first kappa shape index (κ1) is 22.4. The topological polar surface area (TPSA) is 93.0 Å². The second-order valence-electron chi connectivity index (χ2n) is 6.45. The van der Waals surface area contributed by atoms with Crippen molar-refractivity contribution >= 4 is 63.5 Å². The summed E-state index contributed by atoms with van der Waals surface area (Å²) in [6.45, 7) is 2.37. The van der Waals surface area contributed by atoms with Gasteiger partial charge in [0.1, 0.15) is 4.32 Å². The summed E-state index contributed by atoms with van der Waals surface area (Å²) in [6, 6.07) is 5.88. The zero-order valence-electron chi connectivity index (χ0n) is 15.8. The number of thioether (sulfide) groups is 1. The van der Waals surface area contributed by atoms with Gasteiger partial charge in [0.2, 0.25) is 5.91 Å². The summed E-state index contributed by atoms with van der Waals surface area (Å²) in [5, 5.41) is 11.0. The van der Waals surface area contributed by atoms with Crippen LogP contribution >= 0.6 is 35.6 Å². The number of nitrogens with zero attached hydrogens (tertiary/aromatic N) is 3. The maximum absolute atomic E-state index is 12.7. The molecule has 30 heavy (non-hydrogen) atoms. The summed E-state index contributed by atoms with van der Waals surface area (Å²) in [6.07, 6.45) is 3.29. The standard InChI is InChI=1S/C19H18ClN3O5S2/c20-14(11-13-1-3-15(4-2-13)23(26)27)12-16-18(25)22(19(29)30-16)6-5-17(24)21-7-9-28-10-8-21/h1-4,11-12H,5-10H2/b14-11-,16-12+. The summed E-state index contributed by atoms with van der Waals surface area (Å²) >= 11 is 12.6. The van der Waals surface area contributed by atoms with E-state index in [9.17, 15) is 19.7 Å². The van der Waals surface area contributed by atoms with Gasteiger partial charge in [-0.25, -0.2) is 0 Å². The van der Waals surface area contributed by atoms with E-state index in [1.165, 1.54) is 23.1 Å². The highest BCUT2D eigenvalue weighted by molar-refractivity contribution is 8.26. The highest BCUT2D eigenvalue weighted by Gasteiger charge is 2.32. The van der Waals surface area contributed by atoms with Gasteiger partial charge in [-0.05, 0) is 29.8 Å². The van der Waals surface area contributed by atoms with Crippen LogP contribution in [-0.2, 0) is 14.3 Å². The first-order valence-corrected chi connectivity index (χ1v) is 10.7. The van der Waals surface area contributed by atoms with Gasteiger partial charge in [-0.2, -0.15) is 0 Å². The van der Waals surface area contributed by atoms with Gasteiger partial charge in [-0.15, -0.1) is 0 Å². The number of benzene rings is 1. The fourth-order valence-corrected chi connectivity index (χ4v) is 4.49. The number of halogens is 1. The normalized spacial score (nSPS) is 19.0. The summed E-state index contributed by atoms with van der Waals surface area (Å²) in [4.78, 5) is 38.7. The lowest BCUT2D eigenvalue weighted by Gasteiger charge is -2.27. The molecule has 2 aliphatic rings. The zero-order chi connectivity index (χ0) is 21.7. The van der Waals surface area contributed by atoms with Crippen molar-refractivity contribution in [3.05, 3.63) is 56.0 Å². The van der Waals surface area contributed by atoms with Crippen LogP contribution in [-0.4, -0.2) is 63.7 Å². The van der Waals surface area contributed by atoms with Crippen LogP contribution in [0.5, 0.6) is 0 Å². The Balaban J connectivity index is 1.62. The van der Waals surface area contributed by atoms with Crippen LogP contribution in [0.15, 0.2) is 40.3 Å². The van der Waals surface area contributed by atoms with Crippen LogP contribution in [0.3, 0.4) is 0 Å². The number of ether oxygens (including phenoxy) is 1. The van der Waals surface area contributed by atoms with Crippen LogP contribution < -0.4 is 0 Å². The smallest absolute Gasteiger partial charge is 0.269 e. The monoisotopic (exact) mass is 467 g/mol. The van der Waals surface area contributed by atoms with E-state index in [4.69, 9.17) is 28.6 Å². The van der Waals surface area contributed by atoms with E-state index in [2.05, 4.69) is 0 Å².